The monoisotopic (exact) mass is 340 g/mol. The van der Waals surface area contributed by atoms with Crippen molar-refractivity contribution in [2.24, 2.45) is 0 Å². The first kappa shape index (κ1) is 15.8. The van der Waals surface area contributed by atoms with Gasteiger partial charge in [0.1, 0.15) is 6.07 Å². The molecule has 0 N–H and O–H groups in total. The lowest BCUT2D eigenvalue weighted by Gasteiger charge is -1.99. The lowest BCUT2D eigenvalue weighted by atomic mass is 10.1. The highest BCUT2D eigenvalue weighted by atomic mass is 32.2. The van der Waals surface area contributed by atoms with Crippen LogP contribution >= 0.6 is 0 Å². The first-order valence-corrected chi connectivity index (χ1v) is 8.79. The van der Waals surface area contributed by atoms with Crippen LogP contribution in [0.5, 0.6) is 0 Å². The maximum Gasteiger partial charge on any atom is 0.259 e. The highest BCUT2D eigenvalue weighted by Gasteiger charge is 2.14. The Kier molecular flexibility index (Phi) is 3.87. The Morgan fingerprint density at radius 2 is 1.88 bits per heavy atom. The predicted octanol–water partition coefficient (Wildman–Crippen LogP) is 2.38. The van der Waals surface area contributed by atoms with Crippen LogP contribution in [0.15, 0.2) is 45.9 Å². The third-order valence-corrected chi connectivity index (χ3v) is 4.55. The maximum atomic E-state index is 11.5. The molecular formula is C16H12N4O3S. The molecule has 0 saturated carbocycles. The minimum absolute atomic E-state index is 0.219. The molecule has 0 spiro atoms. The van der Waals surface area contributed by atoms with Gasteiger partial charge >= 0.3 is 0 Å². The van der Waals surface area contributed by atoms with Gasteiger partial charge in [0, 0.05) is 18.0 Å². The Morgan fingerprint density at radius 1 is 1.17 bits per heavy atom. The molecule has 0 radical (unpaired) electrons. The molecule has 1 aromatic carbocycles. The molecule has 0 atom stereocenters. The van der Waals surface area contributed by atoms with Crippen molar-refractivity contribution < 1.29 is 12.9 Å². The van der Waals surface area contributed by atoms with Gasteiger partial charge in [0.15, 0.2) is 9.84 Å². The van der Waals surface area contributed by atoms with Crippen molar-refractivity contribution in [3.63, 3.8) is 0 Å². The van der Waals surface area contributed by atoms with Gasteiger partial charge < -0.3 is 4.52 Å². The molecule has 0 aliphatic heterocycles. The van der Waals surface area contributed by atoms with Gasteiger partial charge in [0.2, 0.25) is 5.82 Å². The number of hydrogen-bond donors (Lipinski definition) is 0. The van der Waals surface area contributed by atoms with Crippen LogP contribution in [0, 0.1) is 18.3 Å². The van der Waals surface area contributed by atoms with Crippen LogP contribution in [0.2, 0.25) is 0 Å². The Bertz CT molecular complexity index is 1050. The summed E-state index contributed by atoms with van der Waals surface area (Å²) in [7, 11) is -3.25. The highest BCUT2D eigenvalue weighted by Crippen LogP contribution is 2.24. The number of pyridine rings is 1. The maximum absolute atomic E-state index is 11.5. The third-order valence-electron chi connectivity index (χ3n) is 3.42. The van der Waals surface area contributed by atoms with Crippen LogP contribution in [0.3, 0.4) is 0 Å². The number of aromatic nitrogens is 3. The summed E-state index contributed by atoms with van der Waals surface area (Å²) in [5.41, 5.74) is 2.23. The Labute approximate surface area is 138 Å². The van der Waals surface area contributed by atoms with Crippen LogP contribution in [-0.2, 0) is 9.84 Å². The minimum atomic E-state index is -3.25. The van der Waals surface area contributed by atoms with Crippen molar-refractivity contribution in [3.8, 4) is 28.9 Å². The van der Waals surface area contributed by atoms with Gasteiger partial charge in [0.05, 0.1) is 21.7 Å². The first-order chi connectivity index (χ1) is 11.4. The predicted molar refractivity (Wildman–Crippen MR) is 85.5 cm³/mol. The van der Waals surface area contributed by atoms with Gasteiger partial charge in [-0.15, -0.1) is 0 Å². The molecular weight excluding hydrogens is 328 g/mol. The molecule has 3 aromatic rings. The number of aryl methyl sites for hydroxylation is 1. The molecule has 2 heterocycles. The third kappa shape index (κ3) is 3.02. The standard InChI is InChI=1S/C16H12N4O3S/c1-10-12(8-17)7-13(9-18-10)16-19-15(20-23-16)11-3-5-14(6-4-11)24(2,21)22/h3-7,9H,1-2H3. The van der Waals surface area contributed by atoms with E-state index in [-0.39, 0.29) is 10.8 Å². The number of hydrogen-bond acceptors (Lipinski definition) is 7. The van der Waals surface area contributed by atoms with E-state index >= 15 is 0 Å². The van der Waals surface area contributed by atoms with Gasteiger partial charge in [-0.2, -0.15) is 10.2 Å². The van der Waals surface area contributed by atoms with Crippen LogP contribution < -0.4 is 0 Å². The van der Waals surface area contributed by atoms with Crippen LogP contribution in [0.25, 0.3) is 22.8 Å². The molecule has 0 saturated heterocycles. The number of nitrogens with zero attached hydrogens (tertiary/aromatic N) is 4. The van der Waals surface area contributed by atoms with Crippen LogP contribution in [-0.4, -0.2) is 29.8 Å². The van der Waals surface area contributed by atoms with Crippen LogP contribution in [0.4, 0.5) is 0 Å². The zero-order valence-electron chi connectivity index (χ0n) is 12.9. The van der Waals surface area contributed by atoms with Gasteiger partial charge in [-0.1, -0.05) is 5.16 Å². The second-order valence-electron chi connectivity index (χ2n) is 5.19. The topological polar surface area (TPSA) is 110 Å². The number of rotatable bonds is 3. The van der Waals surface area contributed by atoms with E-state index in [1.807, 2.05) is 0 Å². The summed E-state index contributed by atoms with van der Waals surface area (Å²) in [6.07, 6.45) is 2.70. The molecule has 8 heteroatoms. The van der Waals surface area contributed by atoms with Crippen molar-refractivity contribution >= 4 is 9.84 Å². The first-order valence-electron chi connectivity index (χ1n) is 6.90. The second-order valence-corrected chi connectivity index (χ2v) is 7.20. The normalized spacial score (nSPS) is 11.2. The molecule has 0 amide bonds. The van der Waals surface area contributed by atoms with E-state index < -0.39 is 9.84 Å². The fourth-order valence-electron chi connectivity index (χ4n) is 2.07. The van der Waals surface area contributed by atoms with Crippen molar-refractivity contribution in [3.05, 3.63) is 47.8 Å². The largest absolute Gasteiger partial charge is 0.334 e. The molecule has 120 valence electrons. The van der Waals surface area contributed by atoms with E-state index in [0.29, 0.717) is 28.2 Å². The van der Waals surface area contributed by atoms with E-state index in [1.54, 1.807) is 31.3 Å². The smallest absolute Gasteiger partial charge is 0.259 e. The van der Waals surface area contributed by atoms with Crippen molar-refractivity contribution in [2.45, 2.75) is 11.8 Å². The van der Waals surface area contributed by atoms with Crippen LogP contribution in [0.1, 0.15) is 11.3 Å². The molecule has 7 nitrogen and oxygen atoms in total. The Hall–Kier alpha value is -3.05. The molecule has 2 aromatic heterocycles. The second kappa shape index (κ2) is 5.86. The van der Waals surface area contributed by atoms with Gasteiger partial charge in [0.25, 0.3) is 5.89 Å². The average Bonchev–Trinajstić information content (AvgIpc) is 3.04. The van der Waals surface area contributed by atoms with Crippen molar-refractivity contribution in [1.82, 2.24) is 15.1 Å². The van der Waals surface area contributed by atoms with E-state index in [9.17, 15) is 8.42 Å². The molecule has 24 heavy (non-hydrogen) atoms. The number of nitriles is 1. The lowest BCUT2D eigenvalue weighted by Crippen LogP contribution is -1.96. The molecule has 0 aliphatic carbocycles. The zero-order valence-corrected chi connectivity index (χ0v) is 13.7. The van der Waals surface area contributed by atoms with Gasteiger partial charge in [-0.3, -0.25) is 4.98 Å². The lowest BCUT2D eigenvalue weighted by molar-refractivity contribution is 0.432. The summed E-state index contributed by atoms with van der Waals surface area (Å²) >= 11 is 0. The summed E-state index contributed by atoms with van der Waals surface area (Å²) < 4.78 is 28.2. The van der Waals surface area contributed by atoms with Crippen molar-refractivity contribution in [1.29, 1.82) is 5.26 Å². The molecule has 3 rings (SSSR count). The van der Waals surface area contributed by atoms with Crippen molar-refractivity contribution in [2.75, 3.05) is 6.26 Å². The molecule has 0 fully saturated rings. The summed E-state index contributed by atoms with van der Waals surface area (Å²) in [4.78, 5) is 8.62. The SMILES string of the molecule is Cc1ncc(-c2nc(-c3ccc(S(C)(=O)=O)cc3)no2)cc1C#N. The van der Waals surface area contributed by atoms with E-state index in [1.165, 1.54) is 12.1 Å². The highest BCUT2D eigenvalue weighted by molar-refractivity contribution is 7.90. The van der Waals surface area contributed by atoms with Gasteiger partial charge in [-0.25, -0.2) is 8.42 Å². The van der Waals surface area contributed by atoms with E-state index in [0.717, 1.165) is 6.26 Å². The summed E-state index contributed by atoms with van der Waals surface area (Å²) in [5.74, 6) is 0.560. The fraction of sp³-hybridized carbons (Fsp3) is 0.125. The number of sulfone groups is 1. The average molecular weight is 340 g/mol. The zero-order chi connectivity index (χ0) is 17.3. The number of benzene rings is 1. The summed E-state index contributed by atoms with van der Waals surface area (Å²) in [5, 5.41) is 12.9. The summed E-state index contributed by atoms with van der Waals surface area (Å²) in [6, 6.07) is 9.88. The Balaban J connectivity index is 1.95. The Morgan fingerprint density at radius 3 is 2.50 bits per heavy atom. The van der Waals surface area contributed by atoms with Gasteiger partial charge in [-0.05, 0) is 37.3 Å². The summed E-state index contributed by atoms with van der Waals surface area (Å²) in [6.45, 7) is 1.74. The van der Waals surface area contributed by atoms with E-state index in [2.05, 4.69) is 21.2 Å². The minimum Gasteiger partial charge on any atom is -0.334 e. The molecule has 0 unspecified atom stereocenters. The molecule has 0 bridgehead atoms. The molecule has 0 aliphatic rings. The fourth-order valence-corrected chi connectivity index (χ4v) is 2.70. The van der Waals surface area contributed by atoms with E-state index in [4.69, 9.17) is 9.78 Å². The quantitative estimate of drug-likeness (QED) is 0.720.